The Bertz CT molecular complexity index is 1420. The average Bonchev–Trinajstić information content (AvgIpc) is 3.34. The molecule has 0 saturated heterocycles. The fourth-order valence-corrected chi connectivity index (χ4v) is 4.48. The summed E-state index contributed by atoms with van der Waals surface area (Å²) in [6.45, 7) is 0.397. The molecule has 4 rings (SSSR count). The van der Waals surface area contributed by atoms with Crippen molar-refractivity contribution in [1.29, 1.82) is 0 Å². The summed E-state index contributed by atoms with van der Waals surface area (Å²) in [5, 5.41) is 0.603. The molecule has 4 aromatic rings. The van der Waals surface area contributed by atoms with Crippen molar-refractivity contribution in [3.05, 3.63) is 118 Å². The Hall–Kier alpha value is -3.33. The zero-order valence-electron chi connectivity index (χ0n) is 18.0. The molecule has 0 spiro atoms. The lowest BCUT2D eigenvalue weighted by atomic mass is 10.1. The maximum atomic E-state index is 13.2. The predicted molar refractivity (Wildman–Crippen MR) is 129 cm³/mol. The molecule has 10 heteroatoms. The largest absolute Gasteiger partial charge is 0.467 e. The third-order valence-electron chi connectivity index (χ3n) is 4.99. The summed E-state index contributed by atoms with van der Waals surface area (Å²) in [6, 6.07) is 18.7. The number of benzene rings is 3. The number of carbonyl (C=O) groups is 1. The summed E-state index contributed by atoms with van der Waals surface area (Å²) >= 11 is 12.1. The monoisotopic (exact) mass is 533 g/mol. The number of halogens is 3. The molecule has 35 heavy (non-hydrogen) atoms. The van der Waals surface area contributed by atoms with Crippen LogP contribution in [0.15, 0.2) is 94.4 Å². The zero-order valence-corrected chi connectivity index (χ0v) is 20.4. The van der Waals surface area contributed by atoms with E-state index >= 15 is 0 Å². The lowest BCUT2D eigenvalue weighted by Gasteiger charge is -2.22. The number of nitrogens with zero attached hydrogens (tertiary/aromatic N) is 1. The highest BCUT2D eigenvalue weighted by Crippen LogP contribution is 2.25. The molecule has 1 amide bonds. The molecular formula is C25H18Cl2FNO5S. The summed E-state index contributed by atoms with van der Waals surface area (Å²) in [5.74, 6) is -0.183. The summed E-state index contributed by atoms with van der Waals surface area (Å²) in [5.41, 5.74) is 1.08. The minimum absolute atomic E-state index is 0.0754. The van der Waals surface area contributed by atoms with Crippen LogP contribution in [0.1, 0.15) is 21.7 Å². The average molecular weight is 534 g/mol. The molecule has 0 radical (unpaired) electrons. The standard InChI is InChI=1S/C25H18Cl2FNO5S/c26-23-12-5-18(14-24(23)27)25(30)29(16-21-2-1-13-33-21)15-17-3-8-20(9-4-17)34-35(31,32)22-10-6-19(28)7-11-22/h1-14H,15-16H2. The first kappa shape index (κ1) is 24.8. The van der Waals surface area contributed by atoms with Gasteiger partial charge in [-0.1, -0.05) is 35.3 Å². The van der Waals surface area contributed by atoms with Crippen LogP contribution in [-0.2, 0) is 23.2 Å². The Morgan fingerprint density at radius 3 is 2.26 bits per heavy atom. The molecule has 0 atom stereocenters. The Kier molecular flexibility index (Phi) is 7.45. The van der Waals surface area contributed by atoms with Crippen LogP contribution in [0, 0.1) is 5.82 Å². The molecule has 0 aliphatic rings. The predicted octanol–water partition coefficient (Wildman–Crippen LogP) is 6.34. The van der Waals surface area contributed by atoms with E-state index < -0.39 is 15.9 Å². The van der Waals surface area contributed by atoms with E-state index in [-0.39, 0.29) is 34.7 Å². The minimum atomic E-state index is -4.12. The molecule has 1 heterocycles. The van der Waals surface area contributed by atoms with Crippen molar-refractivity contribution >= 4 is 39.2 Å². The molecule has 0 N–H and O–H groups in total. The van der Waals surface area contributed by atoms with Crippen LogP contribution in [-0.4, -0.2) is 19.2 Å². The summed E-state index contributed by atoms with van der Waals surface area (Å²) in [4.78, 5) is 14.6. The van der Waals surface area contributed by atoms with Gasteiger partial charge in [0.15, 0.2) is 0 Å². The molecule has 0 saturated carbocycles. The third-order valence-corrected chi connectivity index (χ3v) is 6.99. The van der Waals surface area contributed by atoms with E-state index in [1.165, 1.54) is 24.5 Å². The van der Waals surface area contributed by atoms with Crippen molar-refractivity contribution in [3.8, 4) is 5.75 Å². The molecule has 1 aromatic heterocycles. The fraction of sp³-hybridized carbons (Fsp3) is 0.0800. The van der Waals surface area contributed by atoms with Crippen LogP contribution in [0.2, 0.25) is 10.0 Å². The van der Waals surface area contributed by atoms with Gasteiger partial charge in [0, 0.05) is 12.1 Å². The van der Waals surface area contributed by atoms with E-state index in [0.29, 0.717) is 16.3 Å². The van der Waals surface area contributed by atoms with Crippen LogP contribution in [0.4, 0.5) is 4.39 Å². The van der Waals surface area contributed by atoms with Gasteiger partial charge < -0.3 is 13.5 Å². The lowest BCUT2D eigenvalue weighted by Crippen LogP contribution is -2.30. The molecular weight excluding hydrogens is 516 g/mol. The number of hydrogen-bond donors (Lipinski definition) is 0. The first-order valence-corrected chi connectivity index (χ1v) is 12.4. The first-order valence-electron chi connectivity index (χ1n) is 10.3. The van der Waals surface area contributed by atoms with Gasteiger partial charge in [-0.15, -0.1) is 0 Å². The van der Waals surface area contributed by atoms with Gasteiger partial charge in [-0.05, 0) is 72.3 Å². The number of hydrogen-bond acceptors (Lipinski definition) is 5. The number of amides is 1. The minimum Gasteiger partial charge on any atom is -0.467 e. The Labute approximate surface area is 211 Å². The molecule has 0 bridgehead atoms. The molecule has 180 valence electrons. The van der Waals surface area contributed by atoms with Crippen molar-refractivity contribution < 1.29 is 26.2 Å². The third kappa shape index (κ3) is 6.22. The second-order valence-corrected chi connectivity index (χ2v) is 9.87. The Balaban J connectivity index is 1.52. The van der Waals surface area contributed by atoms with Crippen LogP contribution in [0.5, 0.6) is 5.75 Å². The Morgan fingerprint density at radius 1 is 0.914 bits per heavy atom. The van der Waals surface area contributed by atoms with Gasteiger partial charge in [-0.2, -0.15) is 8.42 Å². The molecule has 0 unspecified atom stereocenters. The van der Waals surface area contributed by atoms with Crippen molar-refractivity contribution in [2.24, 2.45) is 0 Å². The van der Waals surface area contributed by atoms with E-state index in [2.05, 4.69) is 0 Å². The zero-order chi connectivity index (χ0) is 25.0. The number of rotatable bonds is 8. The van der Waals surface area contributed by atoms with Gasteiger partial charge in [0.2, 0.25) is 0 Å². The van der Waals surface area contributed by atoms with Crippen molar-refractivity contribution in [2.75, 3.05) is 0 Å². The Morgan fingerprint density at radius 2 is 1.63 bits per heavy atom. The quantitative estimate of drug-likeness (QED) is 0.247. The van der Waals surface area contributed by atoms with E-state index in [9.17, 15) is 17.6 Å². The van der Waals surface area contributed by atoms with E-state index in [0.717, 1.165) is 29.8 Å². The van der Waals surface area contributed by atoms with Crippen LogP contribution in [0.25, 0.3) is 0 Å². The van der Waals surface area contributed by atoms with Gasteiger partial charge in [-0.25, -0.2) is 4.39 Å². The molecule has 6 nitrogen and oxygen atoms in total. The number of carbonyl (C=O) groups excluding carboxylic acids is 1. The van der Waals surface area contributed by atoms with E-state index in [1.54, 1.807) is 41.3 Å². The molecule has 0 fully saturated rings. The fourth-order valence-electron chi connectivity index (χ4n) is 3.25. The van der Waals surface area contributed by atoms with Gasteiger partial charge >= 0.3 is 10.1 Å². The van der Waals surface area contributed by atoms with Crippen LogP contribution >= 0.6 is 23.2 Å². The van der Waals surface area contributed by atoms with Gasteiger partial charge in [-0.3, -0.25) is 4.79 Å². The highest BCUT2D eigenvalue weighted by Gasteiger charge is 2.20. The van der Waals surface area contributed by atoms with Crippen molar-refractivity contribution in [2.45, 2.75) is 18.0 Å². The van der Waals surface area contributed by atoms with E-state index in [4.69, 9.17) is 31.8 Å². The number of furan rings is 1. The van der Waals surface area contributed by atoms with Crippen LogP contribution in [0.3, 0.4) is 0 Å². The summed E-state index contributed by atoms with van der Waals surface area (Å²) in [6.07, 6.45) is 1.52. The molecule has 3 aromatic carbocycles. The van der Waals surface area contributed by atoms with Crippen LogP contribution < -0.4 is 4.18 Å². The first-order chi connectivity index (χ1) is 16.7. The van der Waals surface area contributed by atoms with Crippen molar-refractivity contribution in [1.82, 2.24) is 4.90 Å². The SMILES string of the molecule is O=C(c1ccc(Cl)c(Cl)c1)N(Cc1ccc(OS(=O)(=O)c2ccc(F)cc2)cc1)Cc1ccco1. The second-order valence-electron chi connectivity index (χ2n) is 7.50. The van der Waals surface area contributed by atoms with Crippen molar-refractivity contribution in [3.63, 3.8) is 0 Å². The smallest absolute Gasteiger partial charge is 0.339 e. The van der Waals surface area contributed by atoms with Gasteiger partial charge in [0.25, 0.3) is 5.91 Å². The second kappa shape index (κ2) is 10.5. The van der Waals surface area contributed by atoms with Gasteiger partial charge in [0.1, 0.15) is 22.2 Å². The molecule has 0 aliphatic heterocycles. The summed E-state index contributed by atoms with van der Waals surface area (Å²) < 4.78 is 48.5. The maximum absolute atomic E-state index is 13.2. The highest BCUT2D eigenvalue weighted by molar-refractivity contribution is 7.87. The summed E-state index contributed by atoms with van der Waals surface area (Å²) in [7, 11) is -4.12. The van der Waals surface area contributed by atoms with Gasteiger partial charge in [0.05, 0.1) is 22.9 Å². The lowest BCUT2D eigenvalue weighted by molar-refractivity contribution is 0.0717. The normalized spacial score (nSPS) is 11.3. The molecule has 0 aliphatic carbocycles. The topological polar surface area (TPSA) is 76.8 Å². The highest BCUT2D eigenvalue weighted by atomic mass is 35.5. The van der Waals surface area contributed by atoms with E-state index in [1.807, 2.05) is 0 Å². The maximum Gasteiger partial charge on any atom is 0.339 e.